The Bertz CT molecular complexity index is 888. The number of esters is 2. The molecule has 0 aliphatic heterocycles. The predicted octanol–water partition coefficient (Wildman–Crippen LogP) is 3.67. The molecule has 8 heteroatoms. The van der Waals surface area contributed by atoms with Crippen molar-refractivity contribution in [2.45, 2.75) is 27.7 Å². The van der Waals surface area contributed by atoms with Crippen molar-refractivity contribution in [2.75, 3.05) is 18.5 Å². The van der Waals surface area contributed by atoms with E-state index in [1.807, 2.05) is 13.0 Å². The van der Waals surface area contributed by atoms with Crippen molar-refractivity contribution in [2.24, 2.45) is 0 Å². The zero-order valence-corrected chi connectivity index (χ0v) is 17.2. The van der Waals surface area contributed by atoms with Gasteiger partial charge in [0, 0.05) is 15.9 Å². The van der Waals surface area contributed by atoms with E-state index in [-0.39, 0.29) is 17.9 Å². The molecular formula is C19H21BrN2O5. The van der Waals surface area contributed by atoms with Crippen LogP contribution < -0.4 is 5.32 Å². The molecule has 1 amide bonds. The summed E-state index contributed by atoms with van der Waals surface area (Å²) >= 11 is 3.39. The van der Waals surface area contributed by atoms with Gasteiger partial charge in [-0.3, -0.25) is 4.79 Å². The highest BCUT2D eigenvalue weighted by Crippen LogP contribution is 2.21. The van der Waals surface area contributed by atoms with E-state index in [1.165, 1.54) is 0 Å². The van der Waals surface area contributed by atoms with Crippen LogP contribution >= 0.6 is 15.9 Å². The first kappa shape index (κ1) is 20.7. The van der Waals surface area contributed by atoms with Crippen LogP contribution in [0.1, 0.15) is 44.6 Å². The molecule has 7 nitrogen and oxygen atoms in total. The average molecular weight is 437 g/mol. The minimum atomic E-state index is -0.682. The molecule has 0 aliphatic carbocycles. The Morgan fingerprint density at radius 1 is 1.11 bits per heavy atom. The maximum atomic E-state index is 12.4. The summed E-state index contributed by atoms with van der Waals surface area (Å²) in [6.07, 6.45) is 0. The van der Waals surface area contributed by atoms with Crippen LogP contribution in [0.3, 0.4) is 0 Å². The van der Waals surface area contributed by atoms with Gasteiger partial charge in [-0.25, -0.2) is 9.59 Å². The van der Waals surface area contributed by atoms with Gasteiger partial charge in [0.05, 0.1) is 12.2 Å². The Morgan fingerprint density at radius 2 is 1.81 bits per heavy atom. The number of halogens is 1. The number of ether oxygens (including phenoxy) is 2. The second-order valence-electron chi connectivity index (χ2n) is 5.93. The second kappa shape index (κ2) is 8.85. The van der Waals surface area contributed by atoms with Gasteiger partial charge < -0.3 is 19.8 Å². The molecule has 1 aromatic carbocycles. The second-order valence-corrected chi connectivity index (χ2v) is 6.79. The van der Waals surface area contributed by atoms with Crippen LogP contribution in [0.2, 0.25) is 0 Å². The number of amides is 1. The van der Waals surface area contributed by atoms with Gasteiger partial charge in [-0.05, 0) is 57.0 Å². The summed E-state index contributed by atoms with van der Waals surface area (Å²) < 4.78 is 11.0. The summed E-state index contributed by atoms with van der Waals surface area (Å²) in [4.78, 5) is 39.1. The summed E-state index contributed by atoms with van der Waals surface area (Å²) in [5.74, 6) is -1.68. The Kier molecular flexibility index (Phi) is 6.79. The van der Waals surface area contributed by atoms with E-state index < -0.39 is 24.5 Å². The standard InChI is InChI=1S/C19H21BrN2O5/c1-5-26-19(25)17-11(3)16(12(4)21-17)18(24)27-9-15(23)22-13-6-7-14(20)10(2)8-13/h6-8,21H,5,9H2,1-4H3,(H,22,23). The van der Waals surface area contributed by atoms with E-state index in [2.05, 4.69) is 26.2 Å². The monoisotopic (exact) mass is 436 g/mol. The molecule has 0 saturated heterocycles. The molecule has 27 heavy (non-hydrogen) atoms. The summed E-state index contributed by atoms with van der Waals surface area (Å²) in [6.45, 7) is 6.66. The Balaban J connectivity index is 2.02. The molecule has 2 aromatic rings. The summed E-state index contributed by atoms with van der Waals surface area (Å²) in [5.41, 5.74) is 2.91. The third-order valence-electron chi connectivity index (χ3n) is 3.90. The van der Waals surface area contributed by atoms with Gasteiger partial charge >= 0.3 is 11.9 Å². The highest BCUT2D eigenvalue weighted by atomic mass is 79.9. The smallest absolute Gasteiger partial charge is 0.355 e. The van der Waals surface area contributed by atoms with E-state index in [4.69, 9.17) is 9.47 Å². The number of nitrogens with one attached hydrogen (secondary N) is 2. The van der Waals surface area contributed by atoms with Crippen LogP contribution in [0, 0.1) is 20.8 Å². The van der Waals surface area contributed by atoms with Crippen molar-refractivity contribution in [1.82, 2.24) is 4.98 Å². The lowest BCUT2D eigenvalue weighted by molar-refractivity contribution is -0.119. The third kappa shape index (κ3) is 4.97. The number of hydrogen-bond acceptors (Lipinski definition) is 5. The number of rotatable bonds is 6. The minimum Gasteiger partial charge on any atom is -0.461 e. The Hall–Kier alpha value is -2.61. The largest absolute Gasteiger partial charge is 0.461 e. The highest BCUT2D eigenvalue weighted by Gasteiger charge is 2.24. The van der Waals surface area contributed by atoms with Gasteiger partial charge in [-0.1, -0.05) is 15.9 Å². The van der Waals surface area contributed by atoms with Crippen molar-refractivity contribution in [3.63, 3.8) is 0 Å². The molecule has 1 heterocycles. The molecule has 2 N–H and O–H groups in total. The molecule has 0 radical (unpaired) electrons. The van der Waals surface area contributed by atoms with E-state index in [1.54, 1.807) is 32.9 Å². The van der Waals surface area contributed by atoms with Gasteiger partial charge in [-0.15, -0.1) is 0 Å². The van der Waals surface area contributed by atoms with E-state index in [9.17, 15) is 14.4 Å². The van der Waals surface area contributed by atoms with E-state index >= 15 is 0 Å². The molecule has 0 unspecified atom stereocenters. The number of carbonyl (C=O) groups is 3. The first-order valence-corrected chi connectivity index (χ1v) is 9.13. The number of hydrogen-bond donors (Lipinski definition) is 2. The number of aromatic amines is 1. The number of benzene rings is 1. The van der Waals surface area contributed by atoms with Crippen molar-refractivity contribution >= 4 is 39.5 Å². The van der Waals surface area contributed by atoms with Crippen LogP contribution in [0.25, 0.3) is 0 Å². The van der Waals surface area contributed by atoms with Crippen LogP contribution in [-0.2, 0) is 14.3 Å². The molecule has 0 saturated carbocycles. The number of anilines is 1. The molecule has 144 valence electrons. The van der Waals surface area contributed by atoms with Crippen molar-refractivity contribution in [3.05, 3.63) is 50.8 Å². The third-order valence-corrected chi connectivity index (χ3v) is 4.79. The van der Waals surface area contributed by atoms with Crippen LogP contribution in [-0.4, -0.2) is 36.0 Å². The lowest BCUT2D eigenvalue weighted by Gasteiger charge is -2.08. The number of aromatic nitrogens is 1. The minimum absolute atomic E-state index is 0.205. The normalized spacial score (nSPS) is 10.4. The maximum Gasteiger partial charge on any atom is 0.355 e. The highest BCUT2D eigenvalue weighted by molar-refractivity contribution is 9.10. The molecule has 0 fully saturated rings. The fourth-order valence-corrected chi connectivity index (χ4v) is 2.83. The molecule has 0 atom stereocenters. The van der Waals surface area contributed by atoms with Gasteiger partial charge in [0.1, 0.15) is 5.69 Å². The molecule has 1 aromatic heterocycles. The zero-order chi connectivity index (χ0) is 20.1. The predicted molar refractivity (Wildman–Crippen MR) is 104 cm³/mol. The quantitative estimate of drug-likeness (QED) is 0.673. The topological polar surface area (TPSA) is 97.5 Å². The number of H-pyrrole nitrogens is 1. The lowest BCUT2D eigenvalue weighted by atomic mass is 10.1. The molecule has 2 rings (SSSR count). The van der Waals surface area contributed by atoms with Gasteiger partial charge in [0.2, 0.25) is 0 Å². The van der Waals surface area contributed by atoms with Crippen LogP contribution in [0.15, 0.2) is 22.7 Å². The Morgan fingerprint density at radius 3 is 2.44 bits per heavy atom. The van der Waals surface area contributed by atoms with Crippen LogP contribution in [0.4, 0.5) is 5.69 Å². The average Bonchev–Trinajstić information content (AvgIpc) is 2.91. The van der Waals surface area contributed by atoms with Gasteiger partial charge in [0.15, 0.2) is 6.61 Å². The number of aryl methyl sites for hydroxylation is 2. The molecular weight excluding hydrogens is 416 g/mol. The fourth-order valence-electron chi connectivity index (χ4n) is 2.59. The van der Waals surface area contributed by atoms with Crippen molar-refractivity contribution < 1.29 is 23.9 Å². The molecule has 0 spiro atoms. The summed E-state index contributed by atoms with van der Waals surface area (Å²) in [6, 6.07) is 5.36. The van der Waals surface area contributed by atoms with Crippen molar-refractivity contribution in [1.29, 1.82) is 0 Å². The first-order chi connectivity index (χ1) is 12.7. The molecule has 0 bridgehead atoms. The SMILES string of the molecule is CCOC(=O)c1[nH]c(C)c(C(=O)OCC(=O)Nc2ccc(Br)c(C)c2)c1C. The maximum absolute atomic E-state index is 12.4. The fraction of sp³-hybridized carbons (Fsp3) is 0.316. The summed E-state index contributed by atoms with van der Waals surface area (Å²) in [5, 5.41) is 2.67. The Labute approximate surface area is 165 Å². The lowest BCUT2D eigenvalue weighted by Crippen LogP contribution is -2.21. The van der Waals surface area contributed by atoms with E-state index in [0.717, 1.165) is 10.0 Å². The zero-order valence-electron chi connectivity index (χ0n) is 15.6. The molecule has 0 aliphatic rings. The number of carbonyl (C=O) groups excluding carboxylic acids is 3. The van der Waals surface area contributed by atoms with Gasteiger partial charge in [0.25, 0.3) is 5.91 Å². The van der Waals surface area contributed by atoms with E-state index in [0.29, 0.717) is 16.9 Å². The summed E-state index contributed by atoms with van der Waals surface area (Å²) in [7, 11) is 0. The van der Waals surface area contributed by atoms with Gasteiger partial charge in [-0.2, -0.15) is 0 Å². The van der Waals surface area contributed by atoms with Crippen LogP contribution in [0.5, 0.6) is 0 Å². The van der Waals surface area contributed by atoms with Crippen molar-refractivity contribution in [3.8, 4) is 0 Å². The first-order valence-electron chi connectivity index (χ1n) is 8.34.